The molecule has 0 spiro atoms. The van der Waals surface area contributed by atoms with Gasteiger partial charge in [-0.25, -0.2) is 4.99 Å². The zero-order valence-electron chi connectivity index (χ0n) is 16.1. The minimum absolute atomic E-state index is 0.156. The molecule has 0 radical (unpaired) electrons. The molecule has 7 heteroatoms. The van der Waals surface area contributed by atoms with Crippen LogP contribution in [0.5, 0.6) is 11.5 Å². The molecule has 2 aromatic carbocycles. The Hall–Kier alpha value is -2.00. The van der Waals surface area contributed by atoms with Gasteiger partial charge in [0, 0.05) is 0 Å². The molecule has 0 unspecified atom stereocenters. The van der Waals surface area contributed by atoms with Gasteiger partial charge in [-0.15, -0.1) is 0 Å². The molecule has 1 saturated heterocycles. The van der Waals surface area contributed by atoms with Crippen LogP contribution in [0.25, 0.3) is 6.08 Å². The van der Waals surface area contributed by atoms with Gasteiger partial charge in [-0.3, -0.25) is 4.79 Å². The molecule has 5 nitrogen and oxygen atoms in total. The van der Waals surface area contributed by atoms with Crippen molar-refractivity contribution in [1.29, 1.82) is 0 Å². The lowest BCUT2D eigenvalue weighted by Crippen LogP contribution is -2.19. The topological polar surface area (TPSA) is 59.9 Å². The van der Waals surface area contributed by atoms with Gasteiger partial charge in [0.05, 0.1) is 27.9 Å². The van der Waals surface area contributed by atoms with Gasteiger partial charge in [0.25, 0.3) is 5.91 Å². The first-order valence-electron chi connectivity index (χ1n) is 8.77. The summed E-state index contributed by atoms with van der Waals surface area (Å²) in [5, 5.41) is 3.41. The highest BCUT2D eigenvalue weighted by molar-refractivity contribution is 14.1. The molecule has 28 heavy (non-hydrogen) atoms. The van der Waals surface area contributed by atoms with Crippen LogP contribution in [-0.4, -0.2) is 24.8 Å². The van der Waals surface area contributed by atoms with Crippen molar-refractivity contribution in [3.63, 3.8) is 0 Å². The Balaban J connectivity index is 1.88. The van der Waals surface area contributed by atoms with Gasteiger partial charge in [0.2, 0.25) is 0 Å². The summed E-state index contributed by atoms with van der Waals surface area (Å²) < 4.78 is 12.0. The molecule has 0 atom stereocenters. The number of halogens is 1. The summed E-state index contributed by atoms with van der Waals surface area (Å²) in [6.45, 7) is 6.55. The third kappa shape index (κ3) is 4.88. The average Bonchev–Trinajstić information content (AvgIpc) is 2.95. The largest absolute Gasteiger partial charge is 0.493 e. The molecule has 1 aliphatic rings. The minimum Gasteiger partial charge on any atom is -0.493 e. The Bertz CT molecular complexity index is 966. The molecule has 0 saturated carbocycles. The number of carbonyl (C=O) groups excluding carboxylic acids is 1. The van der Waals surface area contributed by atoms with Crippen molar-refractivity contribution in [1.82, 2.24) is 5.32 Å². The van der Waals surface area contributed by atoms with E-state index in [4.69, 9.17) is 9.47 Å². The summed E-state index contributed by atoms with van der Waals surface area (Å²) >= 11 is 3.54. The highest BCUT2D eigenvalue weighted by atomic mass is 127. The van der Waals surface area contributed by atoms with Crippen molar-refractivity contribution in [2.75, 3.05) is 13.7 Å². The van der Waals surface area contributed by atoms with Crippen molar-refractivity contribution >= 4 is 57.2 Å². The van der Waals surface area contributed by atoms with Gasteiger partial charge in [-0.05, 0) is 102 Å². The molecule has 1 aliphatic heterocycles. The molecule has 1 heterocycles. The number of carbonyl (C=O) groups is 1. The van der Waals surface area contributed by atoms with Crippen molar-refractivity contribution < 1.29 is 14.3 Å². The summed E-state index contributed by atoms with van der Waals surface area (Å²) in [4.78, 5) is 17.5. The number of aryl methyl sites for hydroxylation is 2. The minimum atomic E-state index is -0.156. The van der Waals surface area contributed by atoms with E-state index in [0.717, 1.165) is 25.9 Å². The van der Waals surface area contributed by atoms with E-state index in [2.05, 4.69) is 39.0 Å². The zero-order valence-corrected chi connectivity index (χ0v) is 19.1. The standard InChI is InChI=1S/C21H21IN2O3S/c1-5-27-19-16(22)9-14(10-17(19)26-4)11-18-20(25)24-21(28-18)23-15-7-12(2)6-13(3)8-15/h6-11H,5H2,1-4H3,(H,23,24,25). The van der Waals surface area contributed by atoms with Gasteiger partial charge < -0.3 is 14.8 Å². The lowest BCUT2D eigenvalue weighted by molar-refractivity contribution is -0.115. The number of aliphatic imine (C=N–C) groups is 1. The lowest BCUT2D eigenvalue weighted by atomic mass is 10.1. The molecule has 0 aliphatic carbocycles. The highest BCUT2D eigenvalue weighted by Crippen LogP contribution is 2.36. The molecule has 2 aromatic rings. The Morgan fingerprint density at radius 3 is 2.54 bits per heavy atom. The third-order valence-electron chi connectivity index (χ3n) is 3.93. The monoisotopic (exact) mass is 508 g/mol. The summed E-state index contributed by atoms with van der Waals surface area (Å²) in [5.41, 5.74) is 3.98. The fraction of sp³-hybridized carbons (Fsp3) is 0.238. The van der Waals surface area contributed by atoms with E-state index in [9.17, 15) is 4.79 Å². The van der Waals surface area contributed by atoms with Crippen LogP contribution in [0.2, 0.25) is 0 Å². The molecule has 0 bridgehead atoms. The van der Waals surface area contributed by atoms with E-state index < -0.39 is 0 Å². The molecule has 0 aromatic heterocycles. The van der Waals surface area contributed by atoms with Gasteiger partial charge in [0.1, 0.15) is 0 Å². The number of hydrogen-bond acceptors (Lipinski definition) is 5. The van der Waals surface area contributed by atoms with Crippen LogP contribution in [0.15, 0.2) is 40.2 Å². The van der Waals surface area contributed by atoms with Gasteiger partial charge >= 0.3 is 0 Å². The van der Waals surface area contributed by atoms with Crippen LogP contribution in [0.4, 0.5) is 5.69 Å². The Morgan fingerprint density at radius 2 is 1.89 bits per heavy atom. The van der Waals surface area contributed by atoms with Crippen LogP contribution in [0.1, 0.15) is 23.6 Å². The van der Waals surface area contributed by atoms with Crippen molar-refractivity contribution in [3.05, 3.63) is 55.5 Å². The zero-order chi connectivity index (χ0) is 20.3. The number of nitrogens with one attached hydrogen (secondary N) is 1. The second-order valence-corrected chi connectivity index (χ2v) is 8.49. The van der Waals surface area contributed by atoms with Crippen molar-refractivity contribution in [3.8, 4) is 11.5 Å². The molecule has 1 N–H and O–H groups in total. The molecular weight excluding hydrogens is 487 g/mol. The maximum Gasteiger partial charge on any atom is 0.264 e. The number of methoxy groups -OCH3 is 1. The fourth-order valence-corrected chi connectivity index (χ4v) is 4.49. The van der Waals surface area contributed by atoms with Crippen LogP contribution in [0.3, 0.4) is 0 Å². The predicted molar refractivity (Wildman–Crippen MR) is 124 cm³/mol. The van der Waals surface area contributed by atoms with Crippen LogP contribution in [0, 0.1) is 17.4 Å². The van der Waals surface area contributed by atoms with E-state index in [1.54, 1.807) is 7.11 Å². The first-order valence-corrected chi connectivity index (χ1v) is 10.7. The number of benzene rings is 2. The van der Waals surface area contributed by atoms with E-state index in [1.165, 1.54) is 11.8 Å². The number of ether oxygens (including phenoxy) is 2. The van der Waals surface area contributed by atoms with Crippen molar-refractivity contribution in [2.24, 2.45) is 4.99 Å². The second-order valence-electron chi connectivity index (χ2n) is 6.29. The van der Waals surface area contributed by atoms with E-state index in [0.29, 0.717) is 28.2 Å². The number of thioether (sulfide) groups is 1. The molecule has 1 amide bonds. The van der Waals surface area contributed by atoms with E-state index in [1.807, 2.05) is 51.1 Å². The van der Waals surface area contributed by atoms with Gasteiger partial charge in [0.15, 0.2) is 16.7 Å². The number of amidine groups is 1. The Kier molecular flexibility index (Phi) is 6.66. The Morgan fingerprint density at radius 1 is 1.18 bits per heavy atom. The summed E-state index contributed by atoms with van der Waals surface area (Å²) in [7, 11) is 1.61. The fourth-order valence-electron chi connectivity index (χ4n) is 2.87. The molecule has 1 fully saturated rings. The summed E-state index contributed by atoms with van der Waals surface area (Å²) in [6.07, 6.45) is 1.84. The van der Waals surface area contributed by atoms with Gasteiger partial charge in [-0.2, -0.15) is 0 Å². The summed E-state index contributed by atoms with van der Waals surface area (Å²) in [6, 6.07) is 9.92. The smallest absolute Gasteiger partial charge is 0.264 e. The number of amides is 1. The molecular formula is C21H21IN2O3S. The number of nitrogens with zero attached hydrogens (tertiary/aromatic N) is 1. The average molecular weight is 508 g/mol. The third-order valence-corrected chi connectivity index (χ3v) is 5.64. The predicted octanol–water partition coefficient (Wildman–Crippen LogP) is 5.21. The second kappa shape index (κ2) is 9.00. The first kappa shape index (κ1) is 20.7. The van der Waals surface area contributed by atoms with Crippen LogP contribution < -0.4 is 14.8 Å². The van der Waals surface area contributed by atoms with E-state index >= 15 is 0 Å². The molecule has 3 rings (SSSR count). The normalized spacial score (nSPS) is 16.5. The van der Waals surface area contributed by atoms with Crippen molar-refractivity contribution in [2.45, 2.75) is 20.8 Å². The number of hydrogen-bond donors (Lipinski definition) is 1. The van der Waals surface area contributed by atoms with Crippen LogP contribution in [-0.2, 0) is 4.79 Å². The maximum atomic E-state index is 12.4. The first-order chi connectivity index (χ1) is 13.4. The Labute approximate surface area is 182 Å². The SMILES string of the molecule is CCOc1c(I)cc(C=C2SC(=Nc3cc(C)cc(C)c3)NC2=O)cc1OC. The maximum absolute atomic E-state index is 12.4. The van der Waals surface area contributed by atoms with Crippen LogP contribution >= 0.6 is 34.4 Å². The quantitative estimate of drug-likeness (QED) is 0.445. The highest BCUT2D eigenvalue weighted by Gasteiger charge is 2.24. The molecule has 146 valence electrons. The lowest BCUT2D eigenvalue weighted by Gasteiger charge is -2.12. The number of rotatable bonds is 5. The van der Waals surface area contributed by atoms with Gasteiger partial charge in [-0.1, -0.05) is 6.07 Å². The summed E-state index contributed by atoms with van der Waals surface area (Å²) in [5.74, 6) is 1.21. The van der Waals surface area contributed by atoms with E-state index in [-0.39, 0.29) is 5.91 Å².